The van der Waals surface area contributed by atoms with Crippen LogP contribution in [0.2, 0.25) is 0 Å². The number of sulfonamides is 1. The van der Waals surface area contributed by atoms with Crippen molar-refractivity contribution in [2.45, 2.75) is 48.9 Å². The van der Waals surface area contributed by atoms with Crippen molar-refractivity contribution in [3.63, 3.8) is 0 Å². The number of guanidine groups is 1. The molecule has 2 fully saturated rings. The van der Waals surface area contributed by atoms with E-state index in [2.05, 4.69) is 15.6 Å². The third-order valence-corrected chi connectivity index (χ3v) is 7.57. The number of aliphatic imine (C=N–C) groups is 1. The van der Waals surface area contributed by atoms with Crippen LogP contribution in [0.15, 0.2) is 21.3 Å². The summed E-state index contributed by atoms with van der Waals surface area (Å²) in [5.74, 6) is 0.779. The first-order valence-electron chi connectivity index (χ1n) is 8.15. The van der Waals surface area contributed by atoms with Crippen molar-refractivity contribution < 1.29 is 8.42 Å². The molecule has 2 N–H and O–H groups in total. The second-order valence-electron chi connectivity index (χ2n) is 6.03. The molecule has 0 amide bonds. The maximum Gasteiger partial charge on any atom is 0.252 e. The van der Waals surface area contributed by atoms with Crippen LogP contribution in [0.5, 0.6) is 0 Å². The van der Waals surface area contributed by atoms with Gasteiger partial charge in [0.05, 0.1) is 6.54 Å². The Bertz CT molecular complexity index is 665. The lowest BCUT2D eigenvalue weighted by molar-refractivity contribution is 0.347. The summed E-state index contributed by atoms with van der Waals surface area (Å²) in [6.45, 7) is 1.88. The van der Waals surface area contributed by atoms with Crippen molar-refractivity contribution >= 4 is 51.3 Å². The number of thiophene rings is 1. The van der Waals surface area contributed by atoms with Gasteiger partial charge in [0.15, 0.2) is 5.96 Å². The topological polar surface area (TPSA) is 73.8 Å². The molecule has 1 aliphatic heterocycles. The van der Waals surface area contributed by atoms with E-state index in [0.717, 1.165) is 30.1 Å². The van der Waals surface area contributed by atoms with Gasteiger partial charge in [-0.15, -0.1) is 35.3 Å². The van der Waals surface area contributed by atoms with Crippen molar-refractivity contribution in [2.75, 3.05) is 20.1 Å². The zero-order chi connectivity index (χ0) is 16.3. The first-order valence-corrected chi connectivity index (χ1v) is 10.4. The SMILES string of the molecule is CN=C(NCc1ccc(S(=O)(=O)N2CCCCC2)s1)NC1CC1.I. The number of nitrogens with zero attached hydrogens (tertiary/aromatic N) is 2. The molecule has 9 heteroatoms. The van der Waals surface area contributed by atoms with E-state index in [1.54, 1.807) is 17.4 Å². The Morgan fingerprint density at radius 1 is 1.29 bits per heavy atom. The summed E-state index contributed by atoms with van der Waals surface area (Å²) in [4.78, 5) is 5.18. The summed E-state index contributed by atoms with van der Waals surface area (Å²) in [5.41, 5.74) is 0. The van der Waals surface area contributed by atoms with Crippen LogP contribution in [0.25, 0.3) is 0 Å². The van der Waals surface area contributed by atoms with Gasteiger partial charge < -0.3 is 10.6 Å². The van der Waals surface area contributed by atoms with Crippen molar-refractivity contribution in [3.05, 3.63) is 17.0 Å². The second kappa shape index (κ2) is 8.81. The number of piperidine rings is 1. The Labute approximate surface area is 165 Å². The van der Waals surface area contributed by atoms with Crippen molar-refractivity contribution in [3.8, 4) is 0 Å². The summed E-state index contributed by atoms with van der Waals surface area (Å²) in [6.07, 6.45) is 5.43. The lowest BCUT2D eigenvalue weighted by atomic mass is 10.2. The smallest absolute Gasteiger partial charge is 0.252 e. The monoisotopic (exact) mass is 484 g/mol. The molecule has 1 aliphatic carbocycles. The highest BCUT2D eigenvalue weighted by Gasteiger charge is 2.27. The van der Waals surface area contributed by atoms with Gasteiger partial charge in [-0.1, -0.05) is 6.42 Å². The van der Waals surface area contributed by atoms with Gasteiger partial charge in [0.25, 0.3) is 10.0 Å². The van der Waals surface area contributed by atoms with Crippen LogP contribution in [-0.2, 0) is 16.6 Å². The van der Waals surface area contributed by atoms with Crippen LogP contribution < -0.4 is 10.6 Å². The van der Waals surface area contributed by atoms with E-state index >= 15 is 0 Å². The van der Waals surface area contributed by atoms with E-state index < -0.39 is 10.0 Å². The lowest BCUT2D eigenvalue weighted by Gasteiger charge is -2.25. The lowest BCUT2D eigenvalue weighted by Crippen LogP contribution is -2.37. The number of hydrogen-bond donors (Lipinski definition) is 2. The minimum absolute atomic E-state index is 0. The zero-order valence-corrected chi connectivity index (χ0v) is 17.8. The van der Waals surface area contributed by atoms with Gasteiger partial charge >= 0.3 is 0 Å². The normalized spacial score (nSPS) is 19.6. The molecule has 1 aromatic rings. The molecule has 24 heavy (non-hydrogen) atoms. The fourth-order valence-electron chi connectivity index (χ4n) is 2.61. The Morgan fingerprint density at radius 2 is 2.00 bits per heavy atom. The van der Waals surface area contributed by atoms with Gasteiger partial charge in [0.2, 0.25) is 0 Å². The Hall–Kier alpha value is -0.390. The van der Waals surface area contributed by atoms with Crippen LogP contribution >= 0.6 is 35.3 Å². The average Bonchev–Trinajstić information content (AvgIpc) is 3.26. The van der Waals surface area contributed by atoms with E-state index in [1.165, 1.54) is 24.2 Å². The van der Waals surface area contributed by atoms with Crippen LogP contribution in [0.4, 0.5) is 0 Å². The summed E-state index contributed by atoms with van der Waals surface area (Å²) < 4.78 is 27.3. The van der Waals surface area contributed by atoms with Gasteiger partial charge in [-0.2, -0.15) is 4.31 Å². The van der Waals surface area contributed by atoms with Gasteiger partial charge in [-0.25, -0.2) is 8.42 Å². The number of nitrogens with one attached hydrogen (secondary N) is 2. The quantitative estimate of drug-likeness (QED) is 0.383. The predicted molar refractivity (Wildman–Crippen MR) is 109 cm³/mol. The van der Waals surface area contributed by atoms with Gasteiger partial charge in [0.1, 0.15) is 4.21 Å². The molecular weight excluding hydrogens is 459 g/mol. The number of halogens is 1. The van der Waals surface area contributed by atoms with Crippen LogP contribution in [0.3, 0.4) is 0 Å². The molecule has 0 aromatic carbocycles. The molecule has 3 rings (SSSR count). The Morgan fingerprint density at radius 3 is 2.62 bits per heavy atom. The average molecular weight is 484 g/mol. The standard InChI is InChI=1S/C15H24N4O2S2.HI/c1-16-15(18-12-5-6-12)17-11-13-7-8-14(22-13)23(20,21)19-9-3-2-4-10-19;/h7-8,12H,2-6,9-11H2,1H3,(H2,16,17,18);1H. The third-order valence-electron chi connectivity index (χ3n) is 4.12. The fraction of sp³-hybridized carbons (Fsp3) is 0.667. The first-order chi connectivity index (χ1) is 11.1. The summed E-state index contributed by atoms with van der Waals surface area (Å²) in [5, 5.41) is 6.56. The molecule has 2 aliphatic rings. The third kappa shape index (κ3) is 5.06. The zero-order valence-electron chi connectivity index (χ0n) is 13.8. The van der Waals surface area contributed by atoms with Crippen LogP contribution in [0.1, 0.15) is 37.0 Å². The van der Waals surface area contributed by atoms with Gasteiger partial charge in [0, 0.05) is 31.1 Å². The predicted octanol–water partition coefficient (Wildman–Crippen LogP) is 2.37. The summed E-state index contributed by atoms with van der Waals surface area (Å²) in [7, 11) is -1.57. The van der Waals surface area contributed by atoms with Crippen LogP contribution in [-0.4, -0.2) is 44.9 Å². The minimum atomic E-state index is -3.32. The fourth-order valence-corrected chi connectivity index (χ4v) is 5.58. The van der Waals surface area contributed by atoms with E-state index in [0.29, 0.717) is 29.9 Å². The maximum atomic E-state index is 12.6. The maximum absolute atomic E-state index is 12.6. The first kappa shape index (κ1) is 19.9. The van der Waals surface area contributed by atoms with Crippen molar-refractivity contribution in [1.82, 2.24) is 14.9 Å². The molecular formula is C15H25IN4O2S2. The molecule has 0 bridgehead atoms. The molecule has 136 valence electrons. The van der Waals surface area contributed by atoms with Gasteiger partial charge in [-0.05, 0) is 37.8 Å². The second-order valence-corrected chi connectivity index (χ2v) is 9.36. The molecule has 0 radical (unpaired) electrons. The van der Waals surface area contributed by atoms with E-state index in [1.807, 2.05) is 6.07 Å². The summed E-state index contributed by atoms with van der Waals surface area (Å²) in [6, 6.07) is 4.15. The molecule has 1 saturated carbocycles. The van der Waals surface area contributed by atoms with Gasteiger partial charge in [-0.3, -0.25) is 4.99 Å². The minimum Gasteiger partial charge on any atom is -0.354 e. The van der Waals surface area contributed by atoms with Crippen LogP contribution in [0, 0.1) is 0 Å². The summed E-state index contributed by atoms with van der Waals surface area (Å²) >= 11 is 1.35. The molecule has 0 unspecified atom stereocenters. The molecule has 1 saturated heterocycles. The highest BCUT2D eigenvalue weighted by atomic mass is 127. The molecule has 6 nitrogen and oxygen atoms in total. The molecule has 0 atom stereocenters. The highest BCUT2D eigenvalue weighted by molar-refractivity contribution is 14.0. The van der Waals surface area contributed by atoms with Crippen molar-refractivity contribution in [2.24, 2.45) is 4.99 Å². The van der Waals surface area contributed by atoms with Crippen molar-refractivity contribution in [1.29, 1.82) is 0 Å². The largest absolute Gasteiger partial charge is 0.354 e. The van der Waals surface area contributed by atoms with E-state index in [9.17, 15) is 8.42 Å². The molecule has 1 aromatic heterocycles. The molecule has 0 spiro atoms. The van der Waals surface area contributed by atoms with E-state index in [4.69, 9.17) is 0 Å². The van der Waals surface area contributed by atoms with E-state index in [-0.39, 0.29) is 24.0 Å². The Kier molecular flexibility index (Phi) is 7.32. The number of hydrogen-bond acceptors (Lipinski definition) is 4. The number of rotatable bonds is 5. The molecule has 2 heterocycles. The highest BCUT2D eigenvalue weighted by Crippen LogP contribution is 2.27. The Balaban J connectivity index is 0.00000208.